The van der Waals surface area contributed by atoms with Crippen molar-refractivity contribution in [1.82, 2.24) is 0 Å². The number of rotatable bonds is 5. The molecule has 0 aliphatic heterocycles. The Morgan fingerprint density at radius 1 is 1.50 bits per heavy atom. The molecule has 3 heteroatoms. The van der Waals surface area contributed by atoms with Crippen molar-refractivity contribution in [2.45, 2.75) is 49.7 Å². The highest BCUT2D eigenvalue weighted by Gasteiger charge is 2.52. The van der Waals surface area contributed by atoms with Crippen LogP contribution in [0, 0.1) is 5.92 Å². The lowest BCUT2D eigenvalue weighted by molar-refractivity contribution is -0.116. The number of hydrogen-bond donors (Lipinski definition) is 1. The molecular formula is C17H24O3. The average molecular weight is 276 g/mol. The topological polar surface area (TPSA) is 46.5 Å². The van der Waals surface area contributed by atoms with Crippen LogP contribution in [0.3, 0.4) is 0 Å². The number of aliphatic hydroxyl groups is 1. The van der Waals surface area contributed by atoms with Crippen molar-refractivity contribution >= 4 is 5.78 Å². The van der Waals surface area contributed by atoms with Gasteiger partial charge in [0.05, 0.1) is 5.60 Å². The smallest absolute Gasteiger partial charge is 0.159 e. The van der Waals surface area contributed by atoms with Crippen LogP contribution in [0.25, 0.3) is 0 Å². The summed E-state index contributed by atoms with van der Waals surface area (Å²) in [5.41, 5.74) is -1.13. The number of carbonyl (C=O) groups excluding carboxylic acids is 1. The Hall–Kier alpha value is -1.19. The van der Waals surface area contributed by atoms with Crippen LogP contribution >= 0.6 is 0 Å². The van der Waals surface area contributed by atoms with Gasteiger partial charge in [-0.05, 0) is 31.3 Å². The molecule has 0 aromatic rings. The minimum atomic E-state index is -0.983. The Labute approximate surface area is 121 Å². The quantitative estimate of drug-likeness (QED) is 0.785. The molecule has 3 atom stereocenters. The van der Waals surface area contributed by atoms with Gasteiger partial charge in [-0.1, -0.05) is 31.6 Å². The second-order valence-electron chi connectivity index (χ2n) is 5.89. The minimum absolute atomic E-state index is 0.00176. The highest BCUT2D eigenvalue weighted by atomic mass is 16.5. The van der Waals surface area contributed by atoms with Crippen molar-refractivity contribution in [2.75, 3.05) is 7.11 Å². The van der Waals surface area contributed by atoms with Crippen LogP contribution in [0.4, 0.5) is 0 Å². The van der Waals surface area contributed by atoms with Crippen molar-refractivity contribution in [2.24, 2.45) is 5.92 Å². The fourth-order valence-electron chi connectivity index (χ4n) is 3.72. The first-order valence-electron chi connectivity index (χ1n) is 7.30. The Morgan fingerprint density at radius 2 is 2.25 bits per heavy atom. The standard InChI is InChI=1S/C17H24O3/c1-4-8-13-9-6-7-10-17(13,19)15-11-14(18)12-16(15,5-2)20-3/h4-5,11,13,19H,1-2,6-10,12H2,3H3/t13-,16-,17+/m0/s1. The zero-order valence-electron chi connectivity index (χ0n) is 12.2. The van der Waals surface area contributed by atoms with Crippen LogP contribution in [0.1, 0.15) is 38.5 Å². The summed E-state index contributed by atoms with van der Waals surface area (Å²) < 4.78 is 5.58. The molecule has 2 aliphatic rings. The maximum atomic E-state index is 11.9. The molecule has 0 unspecified atom stereocenters. The highest BCUT2D eigenvalue weighted by molar-refractivity contribution is 5.96. The molecule has 0 aromatic heterocycles. The molecule has 2 aliphatic carbocycles. The molecule has 3 nitrogen and oxygen atoms in total. The fourth-order valence-corrected chi connectivity index (χ4v) is 3.72. The summed E-state index contributed by atoms with van der Waals surface area (Å²) in [5, 5.41) is 11.3. The molecule has 20 heavy (non-hydrogen) atoms. The Morgan fingerprint density at radius 3 is 2.85 bits per heavy atom. The molecule has 1 saturated carbocycles. The van der Waals surface area contributed by atoms with Crippen LogP contribution < -0.4 is 0 Å². The SMILES string of the molecule is C=CC[C@H]1CCCC[C@]1(O)C1=CC(=O)C[C@]1(C=C)OC. The van der Waals surface area contributed by atoms with Crippen LogP contribution in [-0.4, -0.2) is 29.2 Å². The summed E-state index contributed by atoms with van der Waals surface area (Å²) in [7, 11) is 1.57. The maximum absolute atomic E-state index is 11.9. The summed E-state index contributed by atoms with van der Waals surface area (Å²) in [6.45, 7) is 7.61. The lowest BCUT2D eigenvalue weighted by Crippen LogP contribution is -2.49. The van der Waals surface area contributed by atoms with E-state index in [0.29, 0.717) is 12.0 Å². The first kappa shape index (κ1) is 15.2. The molecule has 0 amide bonds. The molecule has 1 fully saturated rings. The monoisotopic (exact) mass is 276 g/mol. The van der Waals surface area contributed by atoms with Crippen LogP contribution in [0.15, 0.2) is 37.0 Å². The van der Waals surface area contributed by atoms with Crippen molar-refractivity contribution < 1.29 is 14.6 Å². The largest absolute Gasteiger partial charge is 0.385 e. The summed E-state index contributed by atoms with van der Waals surface area (Å²) >= 11 is 0. The molecule has 0 radical (unpaired) electrons. The van der Waals surface area contributed by atoms with E-state index < -0.39 is 11.2 Å². The Kier molecular flexibility index (Phi) is 4.31. The van der Waals surface area contributed by atoms with Gasteiger partial charge >= 0.3 is 0 Å². The van der Waals surface area contributed by atoms with Gasteiger partial charge in [0.2, 0.25) is 0 Å². The Balaban J connectivity index is 2.44. The molecular weight excluding hydrogens is 252 g/mol. The first-order valence-corrected chi connectivity index (χ1v) is 7.30. The summed E-state index contributed by atoms with van der Waals surface area (Å²) in [6.07, 6.45) is 9.76. The van der Waals surface area contributed by atoms with Crippen molar-refractivity contribution in [1.29, 1.82) is 0 Å². The van der Waals surface area contributed by atoms with E-state index in [1.54, 1.807) is 19.3 Å². The molecule has 0 heterocycles. The number of ether oxygens (including phenoxy) is 1. The van der Waals surface area contributed by atoms with Crippen LogP contribution in [0.5, 0.6) is 0 Å². The van der Waals surface area contributed by atoms with E-state index >= 15 is 0 Å². The van der Waals surface area contributed by atoms with E-state index in [1.165, 1.54) is 0 Å². The van der Waals surface area contributed by atoms with E-state index in [9.17, 15) is 9.90 Å². The molecule has 110 valence electrons. The van der Waals surface area contributed by atoms with Gasteiger partial charge < -0.3 is 9.84 Å². The molecule has 0 bridgehead atoms. The predicted octanol–water partition coefficient (Wildman–Crippen LogP) is 2.95. The van der Waals surface area contributed by atoms with E-state index in [4.69, 9.17) is 4.74 Å². The number of carbonyl (C=O) groups is 1. The van der Waals surface area contributed by atoms with Crippen molar-refractivity contribution in [3.05, 3.63) is 37.0 Å². The normalized spacial score (nSPS) is 37.6. The average Bonchev–Trinajstić information content (AvgIpc) is 2.80. The summed E-state index contributed by atoms with van der Waals surface area (Å²) in [4.78, 5) is 11.9. The minimum Gasteiger partial charge on any atom is -0.385 e. The number of allylic oxidation sites excluding steroid dienone is 2. The van der Waals surface area contributed by atoms with Crippen LogP contribution in [0.2, 0.25) is 0 Å². The molecule has 2 rings (SSSR count). The van der Waals surface area contributed by atoms with Gasteiger partial charge in [0.15, 0.2) is 5.78 Å². The third-order valence-electron chi connectivity index (χ3n) is 4.85. The second-order valence-corrected chi connectivity index (χ2v) is 5.89. The highest BCUT2D eigenvalue weighted by Crippen LogP contribution is 2.49. The Bertz CT molecular complexity index is 451. The first-order chi connectivity index (χ1) is 9.52. The zero-order valence-corrected chi connectivity index (χ0v) is 12.2. The van der Waals surface area contributed by atoms with Crippen molar-refractivity contribution in [3.8, 4) is 0 Å². The number of methoxy groups -OCH3 is 1. The lowest BCUT2D eigenvalue weighted by Gasteiger charge is -2.45. The number of hydrogen-bond acceptors (Lipinski definition) is 3. The molecule has 0 aromatic carbocycles. The molecule has 1 N–H and O–H groups in total. The summed E-state index contributed by atoms with van der Waals surface area (Å²) in [5.74, 6) is 0.0958. The van der Waals surface area contributed by atoms with Gasteiger partial charge in [-0.3, -0.25) is 4.79 Å². The van der Waals surface area contributed by atoms with E-state index in [-0.39, 0.29) is 18.1 Å². The maximum Gasteiger partial charge on any atom is 0.159 e. The van der Waals surface area contributed by atoms with E-state index in [2.05, 4.69) is 13.2 Å². The van der Waals surface area contributed by atoms with Crippen molar-refractivity contribution in [3.63, 3.8) is 0 Å². The zero-order chi connectivity index (χ0) is 14.8. The van der Waals surface area contributed by atoms with E-state index in [1.807, 2.05) is 6.08 Å². The number of ketones is 1. The third-order valence-corrected chi connectivity index (χ3v) is 4.85. The van der Waals surface area contributed by atoms with Gasteiger partial charge in [-0.25, -0.2) is 0 Å². The molecule has 0 spiro atoms. The fraction of sp³-hybridized carbons (Fsp3) is 0.588. The van der Waals surface area contributed by atoms with Gasteiger partial charge in [0.25, 0.3) is 0 Å². The van der Waals surface area contributed by atoms with E-state index in [0.717, 1.165) is 25.7 Å². The predicted molar refractivity (Wildman–Crippen MR) is 79.4 cm³/mol. The van der Waals surface area contributed by atoms with Gasteiger partial charge in [0, 0.05) is 19.1 Å². The van der Waals surface area contributed by atoms with Gasteiger partial charge in [-0.2, -0.15) is 0 Å². The molecule has 0 saturated heterocycles. The van der Waals surface area contributed by atoms with Gasteiger partial charge in [-0.15, -0.1) is 6.58 Å². The second kappa shape index (κ2) is 5.66. The summed E-state index contributed by atoms with van der Waals surface area (Å²) in [6, 6.07) is 0. The van der Waals surface area contributed by atoms with Gasteiger partial charge in [0.1, 0.15) is 5.60 Å². The van der Waals surface area contributed by atoms with Crippen LogP contribution in [-0.2, 0) is 9.53 Å². The third kappa shape index (κ3) is 2.29. The lowest BCUT2D eigenvalue weighted by atomic mass is 9.66.